The first-order valence-corrected chi connectivity index (χ1v) is 8.61. The van der Waals surface area contributed by atoms with E-state index in [-0.39, 0.29) is 11.9 Å². The molecule has 3 aromatic rings. The molecule has 0 saturated heterocycles. The van der Waals surface area contributed by atoms with Gasteiger partial charge in [0, 0.05) is 37.7 Å². The normalized spacial score (nSPS) is 12.1. The van der Waals surface area contributed by atoms with Gasteiger partial charge in [-0.15, -0.1) is 0 Å². The van der Waals surface area contributed by atoms with Crippen LogP contribution >= 0.6 is 0 Å². The van der Waals surface area contributed by atoms with Crippen molar-refractivity contribution in [3.63, 3.8) is 0 Å². The predicted octanol–water partition coefficient (Wildman–Crippen LogP) is 3.07. The summed E-state index contributed by atoms with van der Waals surface area (Å²) in [5.74, 6) is 0.519. The average Bonchev–Trinajstić information content (AvgIpc) is 3.08. The van der Waals surface area contributed by atoms with Crippen molar-refractivity contribution in [2.75, 3.05) is 13.7 Å². The summed E-state index contributed by atoms with van der Waals surface area (Å²) in [5, 5.41) is 2.96. The smallest absolute Gasteiger partial charge is 0.251 e. The maximum atomic E-state index is 12.3. The molecule has 0 aliphatic heterocycles. The number of pyridine rings is 1. The number of methoxy groups -OCH3 is 1. The molecule has 6 heteroatoms. The van der Waals surface area contributed by atoms with Crippen molar-refractivity contribution in [1.29, 1.82) is 0 Å². The molecule has 136 valence electrons. The fourth-order valence-corrected chi connectivity index (χ4v) is 2.62. The highest BCUT2D eigenvalue weighted by Gasteiger charge is 2.11. The zero-order valence-electron chi connectivity index (χ0n) is 15.0. The molecule has 0 radical (unpaired) electrons. The summed E-state index contributed by atoms with van der Waals surface area (Å²) < 4.78 is 12.8. The highest BCUT2D eigenvalue weighted by atomic mass is 16.5. The van der Waals surface area contributed by atoms with Crippen LogP contribution in [0.3, 0.4) is 0 Å². The van der Waals surface area contributed by atoms with Crippen LogP contribution in [0, 0.1) is 0 Å². The molecule has 0 unspecified atom stereocenters. The number of rotatable bonds is 8. The number of benzene rings is 1. The van der Waals surface area contributed by atoms with Gasteiger partial charge < -0.3 is 19.2 Å². The second-order valence-corrected chi connectivity index (χ2v) is 6.17. The molecule has 0 saturated carbocycles. The minimum Gasteiger partial charge on any atom is -0.487 e. The van der Waals surface area contributed by atoms with Gasteiger partial charge in [-0.2, -0.15) is 0 Å². The third-order valence-corrected chi connectivity index (χ3v) is 4.03. The van der Waals surface area contributed by atoms with Crippen LogP contribution in [0.1, 0.15) is 29.4 Å². The van der Waals surface area contributed by atoms with E-state index in [1.54, 1.807) is 19.2 Å². The van der Waals surface area contributed by atoms with E-state index in [0.29, 0.717) is 24.5 Å². The van der Waals surface area contributed by atoms with Gasteiger partial charge in [0.15, 0.2) is 0 Å². The van der Waals surface area contributed by atoms with Crippen LogP contribution in [0.4, 0.5) is 0 Å². The molecule has 0 fully saturated rings. The molecular weight excluding hydrogens is 330 g/mol. The molecular formula is C20H23N3O3. The minimum absolute atomic E-state index is 0.0463. The van der Waals surface area contributed by atoms with E-state index >= 15 is 0 Å². The maximum Gasteiger partial charge on any atom is 0.251 e. The number of amides is 1. The number of hydrogen-bond acceptors (Lipinski definition) is 4. The topological polar surface area (TPSA) is 64.9 Å². The van der Waals surface area contributed by atoms with Crippen LogP contribution < -0.4 is 10.1 Å². The third-order valence-electron chi connectivity index (χ3n) is 4.03. The summed E-state index contributed by atoms with van der Waals surface area (Å²) in [6.45, 7) is 2.92. The van der Waals surface area contributed by atoms with E-state index < -0.39 is 0 Å². The van der Waals surface area contributed by atoms with E-state index in [1.807, 2.05) is 54.0 Å². The molecule has 0 bridgehead atoms. The molecule has 0 aliphatic rings. The molecule has 1 amide bonds. The zero-order valence-corrected chi connectivity index (χ0v) is 15.0. The largest absolute Gasteiger partial charge is 0.487 e. The number of nitrogens with zero attached hydrogens (tertiary/aromatic N) is 2. The van der Waals surface area contributed by atoms with Gasteiger partial charge in [0.2, 0.25) is 0 Å². The van der Waals surface area contributed by atoms with Crippen LogP contribution in [0.25, 0.3) is 5.65 Å². The predicted molar refractivity (Wildman–Crippen MR) is 99.4 cm³/mol. The minimum atomic E-state index is -0.119. The van der Waals surface area contributed by atoms with E-state index in [4.69, 9.17) is 9.47 Å². The summed E-state index contributed by atoms with van der Waals surface area (Å²) in [4.78, 5) is 16.8. The number of aromatic nitrogens is 2. The Morgan fingerprint density at radius 3 is 2.96 bits per heavy atom. The fourth-order valence-electron chi connectivity index (χ4n) is 2.62. The van der Waals surface area contributed by atoms with Gasteiger partial charge in [0.05, 0.1) is 5.69 Å². The van der Waals surface area contributed by atoms with Crippen LogP contribution in [-0.4, -0.2) is 35.1 Å². The Kier molecular flexibility index (Phi) is 5.86. The molecule has 1 N–H and O–H groups in total. The lowest BCUT2D eigenvalue weighted by molar-refractivity contribution is 0.0929. The maximum absolute atomic E-state index is 12.3. The number of nitrogens with one attached hydrogen (secondary N) is 1. The summed E-state index contributed by atoms with van der Waals surface area (Å²) in [7, 11) is 1.65. The first-order chi connectivity index (χ1) is 12.7. The van der Waals surface area contributed by atoms with Gasteiger partial charge in [-0.05, 0) is 43.7 Å². The molecule has 6 nitrogen and oxygen atoms in total. The molecule has 1 atom stereocenters. The number of ether oxygens (including phenoxy) is 2. The Morgan fingerprint density at radius 1 is 1.27 bits per heavy atom. The van der Waals surface area contributed by atoms with Crippen molar-refractivity contribution in [2.45, 2.75) is 26.0 Å². The second kappa shape index (κ2) is 8.49. The van der Waals surface area contributed by atoms with Crippen molar-refractivity contribution in [2.24, 2.45) is 0 Å². The first-order valence-electron chi connectivity index (χ1n) is 8.61. The summed E-state index contributed by atoms with van der Waals surface area (Å²) >= 11 is 0. The molecule has 2 heterocycles. The quantitative estimate of drug-likeness (QED) is 0.676. The first kappa shape index (κ1) is 17.9. The molecule has 26 heavy (non-hydrogen) atoms. The van der Waals surface area contributed by atoms with E-state index in [0.717, 1.165) is 17.8 Å². The average molecular weight is 353 g/mol. The third kappa shape index (κ3) is 4.61. The zero-order chi connectivity index (χ0) is 18.4. The SMILES string of the molecule is COCC[C@H](C)NC(=O)c1cccc(OCc2cn3ccccc3n2)c1. The monoisotopic (exact) mass is 353 g/mol. The Bertz CT molecular complexity index is 842. The summed E-state index contributed by atoms with van der Waals surface area (Å²) in [5.41, 5.74) is 2.28. The molecule has 0 spiro atoms. The lowest BCUT2D eigenvalue weighted by Crippen LogP contribution is -2.33. The Balaban J connectivity index is 1.60. The lowest BCUT2D eigenvalue weighted by atomic mass is 10.1. The summed E-state index contributed by atoms with van der Waals surface area (Å²) in [6.07, 6.45) is 4.65. The van der Waals surface area contributed by atoms with Gasteiger partial charge in [0.1, 0.15) is 18.0 Å². The van der Waals surface area contributed by atoms with Crippen molar-refractivity contribution in [3.8, 4) is 5.75 Å². The fraction of sp³-hybridized carbons (Fsp3) is 0.300. The van der Waals surface area contributed by atoms with Gasteiger partial charge >= 0.3 is 0 Å². The standard InChI is InChI=1S/C20H23N3O3/c1-15(9-11-25-2)21-20(24)16-6-5-7-18(12-16)26-14-17-13-23-10-4-3-8-19(23)22-17/h3-8,10,12-13,15H,9,11,14H2,1-2H3,(H,21,24)/t15-/m0/s1. The van der Waals surface area contributed by atoms with Gasteiger partial charge in [0.25, 0.3) is 5.91 Å². The number of imidazole rings is 1. The van der Waals surface area contributed by atoms with Gasteiger partial charge in [-0.25, -0.2) is 4.98 Å². The number of carbonyl (C=O) groups excluding carboxylic acids is 1. The van der Waals surface area contributed by atoms with Crippen LogP contribution in [0.2, 0.25) is 0 Å². The van der Waals surface area contributed by atoms with E-state index in [9.17, 15) is 4.79 Å². The molecule has 0 aliphatic carbocycles. The highest BCUT2D eigenvalue weighted by Crippen LogP contribution is 2.16. The second-order valence-electron chi connectivity index (χ2n) is 6.17. The van der Waals surface area contributed by atoms with Crippen molar-refractivity contribution < 1.29 is 14.3 Å². The lowest BCUT2D eigenvalue weighted by Gasteiger charge is -2.14. The Labute approximate surface area is 152 Å². The van der Waals surface area contributed by atoms with Crippen molar-refractivity contribution >= 4 is 11.6 Å². The number of carbonyl (C=O) groups is 1. The van der Waals surface area contributed by atoms with Gasteiger partial charge in [-0.1, -0.05) is 12.1 Å². The number of hydrogen-bond donors (Lipinski definition) is 1. The molecule has 2 aromatic heterocycles. The van der Waals surface area contributed by atoms with E-state index in [1.165, 1.54) is 0 Å². The highest BCUT2D eigenvalue weighted by molar-refractivity contribution is 5.94. The van der Waals surface area contributed by atoms with Crippen LogP contribution in [-0.2, 0) is 11.3 Å². The Morgan fingerprint density at radius 2 is 2.15 bits per heavy atom. The van der Waals surface area contributed by atoms with Crippen LogP contribution in [0.5, 0.6) is 5.75 Å². The summed E-state index contributed by atoms with van der Waals surface area (Å²) in [6, 6.07) is 13.1. The van der Waals surface area contributed by atoms with E-state index in [2.05, 4.69) is 10.3 Å². The molecule has 3 rings (SSSR count). The molecule has 1 aromatic carbocycles. The van der Waals surface area contributed by atoms with Gasteiger partial charge in [-0.3, -0.25) is 4.79 Å². The van der Waals surface area contributed by atoms with Crippen molar-refractivity contribution in [3.05, 3.63) is 66.1 Å². The van der Waals surface area contributed by atoms with Crippen LogP contribution in [0.15, 0.2) is 54.9 Å². The van der Waals surface area contributed by atoms with Crippen molar-refractivity contribution in [1.82, 2.24) is 14.7 Å². The Hall–Kier alpha value is -2.86. The number of fused-ring (bicyclic) bond motifs is 1.